The van der Waals surface area contributed by atoms with Gasteiger partial charge in [0, 0.05) is 50.2 Å². The van der Waals surface area contributed by atoms with Crippen LogP contribution in [0.3, 0.4) is 0 Å². The third kappa shape index (κ3) is 4.83. The Morgan fingerprint density at radius 3 is 2.77 bits per heavy atom. The largest absolute Gasteiger partial charge is 0.439 e. The van der Waals surface area contributed by atoms with E-state index in [1.165, 1.54) is 0 Å². The van der Waals surface area contributed by atoms with Crippen LogP contribution in [0.25, 0.3) is 22.4 Å². The molecule has 1 amide bonds. The number of carbonyl (C=O) groups excluding carboxylic acids is 1. The third-order valence-corrected chi connectivity index (χ3v) is 5.54. The van der Waals surface area contributed by atoms with E-state index in [1.54, 1.807) is 32.5 Å². The zero-order valence-electron chi connectivity index (χ0n) is 17.4. The van der Waals surface area contributed by atoms with Crippen LogP contribution < -0.4 is 10.6 Å². The topological polar surface area (TPSA) is 102 Å². The maximum Gasteiger partial charge on any atom is 0.228 e. The van der Waals surface area contributed by atoms with Crippen molar-refractivity contribution in [1.82, 2.24) is 20.3 Å². The fourth-order valence-electron chi connectivity index (χ4n) is 3.85. The van der Waals surface area contributed by atoms with E-state index in [1.807, 2.05) is 12.1 Å². The smallest absolute Gasteiger partial charge is 0.228 e. The van der Waals surface area contributed by atoms with Crippen LogP contribution in [0.4, 0.5) is 5.82 Å². The summed E-state index contributed by atoms with van der Waals surface area (Å²) in [5.74, 6) is 1.77. The summed E-state index contributed by atoms with van der Waals surface area (Å²) in [5.41, 5.74) is 1.45. The van der Waals surface area contributed by atoms with E-state index in [9.17, 15) is 4.79 Å². The van der Waals surface area contributed by atoms with Gasteiger partial charge in [-0.15, -0.1) is 0 Å². The Hall–Kier alpha value is -2.84. The van der Waals surface area contributed by atoms with Gasteiger partial charge < -0.3 is 19.8 Å². The molecule has 30 heavy (non-hydrogen) atoms. The van der Waals surface area contributed by atoms with Crippen LogP contribution in [-0.2, 0) is 9.53 Å². The second-order valence-electron chi connectivity index (χ2n) is 7.69. The SMILES string of the molecule is COCCNC1CCC(C(=O)Nc2cc3nc(-c4cnc(C)o4)ccc3cn2)CC1. The van der Waals surface area contributed by atoms with E-state index in [-0.39, 0.29) is 11.8 Å². The molecule has 4 rings (SSSR count). The number of nitrogens with zero attached hydrogens (tertiary/aromatic N) is 3. The lowest BCUT2D eigenvalue weighted by molar-refractivity contribution is -0.120. The van der Waals surface area contributed by atoms with Crippen molar-refractivity contribution in [2.45, 2.75) is 38.6 Å². The predicted octanol–water partition coefficient (Wildman–Crippen LogP) is 3.33. The summed E-state index contributed by atoms with van der Waals surface area (Å²) >= 11 is 0. The molecule has 0 atom stereocenters. The summed E-state index contributed by atoms with van der Waals surface area (Å²) < 4.78 is 10.6. The number of nitrogens with one attached hydrogen (secondary N) is 2. The fourth-order valence-corrected chi connectivity index (χ4v) is 3.85. The van der Waals surface area contributed by atoms with E-state index in [0.29, 0.717) is 35.8 Å². The van der Waals surface area contributed by atoms with Gasteiger partial charge in [-0.3, -0.25) is 4.79 Å². The van der Waals surface area contributed by atoms with Crippen LogP contribution in [0.5, 0.6) is 0 Å². The van der Waals surface area contributed by atoms with Gasteiger partial charge in [0.1, 0.15) is 11.5 Å². The standard InChI is InChI=1S/C22H27N5O3/c1-14-24-13-20(30-14)18-8-5-16-12-25-21(11-19(16)26-18)27-22(28)15-3-6-17(7-4-15)23-9-10-29-2/h5,8,11-13,15,17,23H,3-4,6-7,9-10H2,1-2H3,(H,25,27,28). The van der Waals surface area contributed by atoms with Gasteiger partial charge in [-0.25, -0.2) is 15.0 Å². The molecule has 8 heteroatoms. The van der Waals surface area contributed by atoms with Crippen LogP contribution in [0.1, 0.15) is 31.6 Å². The number of anilines is 1. The van der Waals surface area contributed by atoms with Gasteiger partial charge in [0.25, 0.3) is 0 Å². The lowest BCUT2D eigenvalue weighted by atomic mass is 9.85. The molecule has 0 bridgehead atoms. The molecule has 3 aromatic rings. The maximum absolute atomic E-state index is 12.7. The van der Waals surface area contributed by atoms with Gasteiger partial charge in [0.2, 0.25) is 5.91 Å². The molecule has 1 saturated carbocycles. The average molecular weight is 409 g/mol. The number of methoxy groups -OCH3 is 1. The Morgan fingerprint density at radius 2 is 2.03 bits per heavy atom. The monoisotopic (exact) mass is 409 g/mol. The first-order valence-electron chi connectivity index (χ1n) is 10.3. The zero-order chi connectivity index (χ0) is 20.9. The molecule has 3 aromatic heterocycles. The quantitative estimate of drug-likeness (QED) is 0.577. The Labute approximate surface area is 175 Å². The van der Waals surface area contributed by atoms with E-state index >= 15 is 0 Å². The molecule has 1 aliphatic carbocycles. The molecule has 3 heterocycles. The van der Waals surface area contributed by atoms with Crippen molar-refractivity contribution in [1.29, 1.82) is 0 Å². The number of hydrogen-bond acceptors (Lipinski definition) is 7. The Kier molecular flexibility index (Phi) is 6.35. The molecule has 2 N–H and O–H groups in total. The fraction of sp³-hybridized carbons (Fsp3) is 0.455. The summed E-state index contributed by atoms with van der Waals surface area (Å²) in [6.07, 6.45) is 7.12. The van der Waals surface area contributed by atoms with Crippen molar-refractivity contribution in [3.8, 4) is 11.5 Å². The predicted molar refractivity (Wildman–Crippen MR) is 114 cm³/mol. The maximum atomic E-state index is 12.7. The average Bonchev–Trinajstić information content (AvgIpc) is 3.20. The van der Waals surface area contributed by atoms with Crippen LogP contribution >= 0.6 is 0 Å². The van der Waals surface area contributed by atoms with E-state index < -0.39 is 0 Å². The van der Waals surface area contributed by atoms with Crippen LogP contribution in [0, 0.1) is 12.8 Å². The second-order valence-corrected chi connectivity index (χ2v) is 7.69. The normalized spacial score (nSPS) is 19.1. The number of aryl methyl sites for hydroxylation is 1. The molecule has 0 spiro atoms. The molecule has 0 saturated heterocycles. The summed E-state index contributed by atoms with van der Waals surface area (Å²) in [7, 11) is 1.70. The van der Waals surface area contributed by atoms with Crippen molar-refractivity contribution in [3.63, 3.8) is 0 Å². The van der Waals surface area contributed by atoms with Crippen LogP contribution in [0.2, 0.25) is 0 Å². The second kappa shape index (κ2) is 9.32. The van der Waals surface area contributed by atoms with E-state index in [0.717, 1.165) is 43.1 Å². The Balaban J connectivity index is 1.39. The molecule has 0 aliphatic heterocycles. The number of amides is 1. The van der Waals surface area contributed by atoms with Gasteiger partial charge in [-0.2, -0.15) is 0 Å². The Morgan fingerprint density at radius 1 is 1.20 bits per heavy atom. The number of oxazole rings is 1. The third-order valence-electron chi connectivity index (χ3n) is 5.54. The van der Waals surface area contributed by atoms with E-state index in [4.69, 9.17) is 9.15 Å². The van der Waals surface area contributed by atoms with Crippen molar-refractivity contribution in [3.05, 3.63) is 36.5 Å². The minimum Gasteiger partial charge on any atom is -0.439 e. The first kappa shape index (κ1) is 20.4. The summed E-state index contributed by atoms with van der Waals surface area (Å²) in [6.45, 7) is 3.35. The lowest BCUT2D eigenvalue weighted by Crippen LogP contribution is -2.37. The molecular weight excluding hydrogens is 382 g/mol. The highest BCUT2D eigenvalue weighted by Gasteiger charge is 2.26. The van der Waals surface area contributed by atoms with Crippen molar-refractivity contribution >= 4 is 22.6 Å². The summed E-state index contributed by atoms with van der Waals surface area (Å²) in [5, 5.41) is 7.35. The number of ether oxygens (including phenoxy) is 1. The highest BCUT2D eigenvalue weighted by Crippen LogP contribution is 2.26. The number of rotatable bonds is 7. The Bertz CT molecular complexity index is 1010. The zero-order valence-corrected chi connectivity index (χ0v) is 17.4. The molecule has 1 fully saturated rings. The number of hydrogen-bond donors (Lipinski definition) is 2. The summed E-state index contributed by atoms with van der Waals surface area (Å²) in [4.78, 5) is 25.9. The molecule has 8 nitrogen and oxygen atoms in total. The van der Waals surface area contributed by atoms with Gasteiger partial charge in [0.05, 0.1) is 18.3 Å². The lowest BCUT2D eigenvalue weighted by Gasteiger charge is -2.28. The first-order valence-corrected chi connectivity index (χ1v) is 10.3. The summed E-state index contributed by atoms with van der Waals surface area (Å²) in [6, 6.07) is 6.08. The minimum atomic E-state index is 0.0134. The highest BCUT2D eigenvalue weighted by atomic mass is 16.5. The van der Waals surface area contributed by atoms with Gasteiger partial charge >= 0.3 is 0 Å². The first-order chi connectivity index (χ1) is 14.6. The van der Waals surface area contributed by atoms with Crippen LogP contribution in [-0.4, -0.2) is 47.2 Å². The molecule has 1 aliphatic rings. The molecule has 0 unspecified atom stereocenters. The van der Waals surface area contributed by atoms with Crippen LogP contribution in [0.15, 0.2) is 35.0 Å². The number of fused-ring (bicyclic) bond motifs is 1. The van der Waals surface area contributed by atoms with Crippen molar-refractivity contribution in [2.24, 2.45) is 5.92 Å². The van der Waals surface area contributed by atoms with Gasteiger partial charge in [0.15, 0.2) is 11.7 Å². The molecule has 158 valence electrons. The minimum absolute atomic E-state index is 0.0134. The number of pyridine rings is 2. The number of carbonyl (C=O) groups is 1. The highest BCUT2D eigenvalue weighted by molar-refractivity contribution is 5.93. The molecule has 0 radical (unpaired) electrons. The van der Waals surface area contributed by atoms with Gasteiger partial charge in [-0.05, 0) is 37.8 Å². The van der Waals surface area contributed by atoms with Crippen molar-refractivity contribution < 1.29 is 13.9 Å². The number of aromatic nitrogens is 3. The van der Waals surface area contributed by atoms with Gasteiger partial charge in [-0.1, -0.05) is 0 Å². The molecular formula is C22H27N5O3. The van der Waals surface area contributed by atoms with Crippen molar-refractivity contribution in [2.75, 3.05) is 25.6 Å². The molecule has 0 aromatic carbocycles. The van der Waals surface area contributed by atoms with E-state index in [2.05, 4.69) is 25.6 Å².